The number of amides is 2. The number of aliphatic hydroxyl groups excluding tert-OH is 1. The third-order valence-corrected chi connectivity index (χ3v) is 4.35. The summed E-state index contributed by atoms with van der Waals surface area (Å²) in [5.41, 5.74) is 1.36. The lowest BCUT2D eigenvalue weighted by molar-refractivity contribution is -0.142. The summed E-state index contributed by atoms with van der Waals surface area (Å²) in [5.74, 6) is -1.26. The summed E-state index contributed by atoms with van der Waals surface area (Å²) in [6.07, 6.45) is 2.23. The monoisotopic (exact) mass is 324 g/mol. The van der Waals surface area contributed by atoms with Gasteiger partial charge in [-0.15, -0.1) is 0 Å². The van der Waals surface area contributed by atoms with E-state index in [9.17, 15) is 14.7 Å². The van der Waals surface area contributed by atoms with Crippen LogP contribution in [0.4, 0.5) is 5.69 Å². The van der Waals surface area contributed by atoms with Crippen LogP contribution >= 0.6 is 11.6 Å². The molecule has 1 fully saturated rings. The zero-order chi connectivity index (χ0) is 16.3. The summed E-state index contributed by atoms with van der Waals surface area (Å²) in [4.78, 5) is 25.6. The van der Waals surface area contributed by atoms with Gasteiger partial charge in [0.25, 0.3) is 0 Å². The number of benzene rings is 1. The highest BCUT2D eigenvalue weighted by Gasteiger charge is 2.29. The third kappa shape index (κ3) is 3.99. The number of rotatable bonds is 3. The smallest absolute Gasteiger partial charge is 0.313 e. The minimum atomic E-state index is -0.694. The molecular formula is C16H21ClN2O3. The van der Waals surface area contributed by atoms with Gasteiger partial charge in [0.05, 0.1) is 6.10 Å². The molecule has 1 saturated carbocycles. The van der Waals surface area contributed by atoms with Crippen molar-refractivity contribution in [3.05, 3.63) is 28.8 Å². The Morgan fingerprint density at radius 3 is 2.77 bits per heavy atom. The van der Waals surface area contributed by atoms with Crippen molar-refractivity contribution < 1.29 is 14.7 Å². The lowest BCUT2D eigenvalue weighted by atomic mass is 10.1. The predicted molar refractivity (Wildman–Crippen MR) is 85.8 cm³/mol. The maximum Gasteiger partial charge on any atom is 0.313 e. The number of nitrogens with one attached hydrogen (secondary N) is 1. The number of likely N-dealkylation sites (N-methyl/N-ethyl adjacent to an activating group) is 1. The molecular weight excluding hydrogens is 304 g/mol. The van der Waals surface area contributed by atoms with E-state index in [0.717, 1.165) is 24.8 Å². The summed E-state index contributed by atoms with van der Waals surface area (Å²) >= 11 is 5.90. The number of hydrogen-bond donors (Lipinski definition) is 2. The van der Waals surface area contributed by atoms with Crippen molar-refractivity contribution in [1.82, 2.24) is 4.90 Å². The van der Waals surface area contributed by atoms with Crippen LogP contribution in [0.5, 0.6) is 0 Å². The van der Waals surface area contributed by atoms with Gasteiger partial charge in [0.1, 0.15) is 0 Å². The molecule has 1 aromatic carbocycles. The maximum atomic E-state index is 12.1. The van der Waals surface area contributed by atoms with Crippen LogP contribution in [-0.4, -0.2) is 41.5 Å². The van der Waals surface area contributed by atoms with Gasteiger partial charge < -0.3 is 15.3 Å². The number of carbonyl (C=O) groups excluding carboxylic acids is 2. The van der Waals surface area contributed by atoms with Crippen molar-refractivity contribution in [1.29, 1.82) is 0 Å². The number of carbonyl (C=O) groups is 2. The molecule has 0 spiro atoms. The topological polar surface area (TPSA) is 69.6 Å². The summed E-state index contributed by atoms with van der Waals surface area (Å²) < 4.78 is 0. The molecule has 2 rings (SSSR count). The first-order valence-electron chi connectivity index (χ1n) is 7.39. The second-order valence-corrected chi connectivity index (χ2v) is 6.29. The largest absolute Gasteiger partial charge is 0.393 e. The van der Waals surface area contributed by atoms with Gasteiger partial charge in [-0.3, -0.25) is 9.59 Å². The van der Waals surface area contributed by atoms with Crippen molar-refractivity contribution in [3.63, 3.8) is 0 Å². The summed E-state index contributed by atoms with van der Waals surface area (Å²) in [7, 11) is 1.58. The minimum absolute atomic E-state index is 0.0506. The van der Waals surface area contributed by atoms with Crippen LogP contribution in [-0.2, 0) is 9.59 Å². The Morgan fingerprint density at radius 2 is 2.14 bits per heavy atom. The Morgan fingerprint density at radius 1 is 1.41 bits per heavy atom. The molecule has 2 unspecified atom stereocenters. The van der Waals surface area contributed by atoms with Crippen molar-refractivity contribution >= 4 is 29.1 Å². The van der Waals surface area contributed by atoms with Gasteiger partial charge in [-0.1, -0.05) is 24.1 Å². The third-order valence-electron chi connectivity index (χ3n) is 4.12. The lowest BCUT2D eigenvalue weighted by Gasteiger charge is -2.22. The molecule has 2 amide bonds. The summed E-state index contributed by atoms with van der Waals surface area (Å²) in [5, 5.41) is 12.9. The SMILES string of the molecule is Cc1ccc(Cl)cc1NC(=O)C(=O)N(C)CC1CCCC1O. The van der Waals surface area contributed by atoms with Gasteiger partial charge in [0.2, 0.25) is 0 Å². The fourth-order valence-corrected chi connectivity index (χ4v) is 2.92. The second-order valence-electron chi connectivity index (χ2n) is 5.86. The van der Waals surface area contributed by atoms with E-state index in [1.54, 1.807) is 25.2 Å². The zero-order valence-electron chi connectivity index (χ0n) is 12.8. The van der Waals surface area contributed by atoms with E-state index >= 15 is 0 Å². The van der Waals surface area contributed by atoms with Crippen molar-refractivity contribution in [3.8, 4) is 0 Å². The molecule has 2 atom stereocenters. The van der Waals surface area contributed by atoms with Gasteiger partial charge in [-0.05, 0) is 37.5 Å². The van der Waals surface area contributed by atoms with Crippen molar-refractivity contribution in [2.45, 2.75) is 32.3 Å². The molecule has 0 aliphatic heterocycles. The second kappa shape index (κ2) is 7.11. The number of aliphatic hydroxyl groups is 1. The molecule has 0 bridgehead atoms. The first kappa shape index (κ1) is 16.8. The highest BCUT2D eigenvalue weighted by molar-refractivity contribution is 6.39. The molecule has 1 aromatic rings. The van der Waals surface area contributed by atoms with E-state index in [0.29, 0.717) is 17.3 Å². The van der Waals surface area contributed by atoms with E-state index < -0.39 is 11.8 Å². The lowest BCUT2D eigenvalue weighted by Crippen LogP contribution is -2.41. The van der Waals surface area contributed by atoms with E-state index in [1.165, 1.54) is 4.90 Å². The van der Waals surface area contributed by atoms with E-state index in [4.69, 9.17) is 11.6 Å². The fourth-order valence-electron chi connectivity index (χ4n) is 2.74. The van der Waals surface area contributed by atoms with E-state index in [1.807, 2.05) is 6.92 Å². The quantitative estimate of drug-likeness (QED) is 0.837. The van der Waals surface area contributed by atoms with Crippen molar-refractivity contribution in [2.24, 2.45) is 5.92 Å². The van der Waals surface area contributed by atoms with Gasteiger partial charge in [-0.2, -0.15) is 0 Å². The normalized spacial score (nSPS) is 20.7. The van der Waals surface area contributed by atoms with Crippen molar-refractivity contribution in [2.75, 3.05) is 18.9 Å². The number of anilines is 1. The van der Waals surface area contributed by atoms with Crippen LogP contribution in [0.3, 0.4) is 0 Å². The number of halogens is 1. The molecule has 0 radical (unpaired) electrons. The zero-order valence-corrected chi connectivity index (χ0v) is 13.6. The molecule has 5 nitrogen and oxygen atoms in total. The Balaban J connectivity index is 1.96. The molecule has 1 aliphatic carbocycles. The predicted octanol–water partition coefficient (Wildman–Crippen LogP) is 2.21. The first-order chi connectivity index (χ1) is 10.4. The first-order valence-corrected chi connectivity index (χ1v) is 7.77. The fraction of sp³-hybridized carbons (Fsp3) is 0.500. The van der Waals surface area contributed by atoms with Crippen LogP contribution in [0.25, 0.3) is 0 Å². The van der Waals surface area contributed by atoms with E-state index in [2.05, 4.69) is 5.32 Å². The van der Waals surface area contributed by atoms with Gasteiger partial charge in [0, 0.05) is 30.2 Å². The highest BCUT2D eigenvalue weighted by Crippen LogP contribution is 2.26. The van der Waals surface area contributed by atoms with Crippen LogP contribution in [0, 0.1) is 12.8 Å². The average Bonchev–Trinajstić information content (AvgIpc) is 2.87. The van der Waals surface area contributed by atoms with Gasteiger partial charge >= 0.3 is 11.8 Å². The molecule has 0 aromatic heterocycles. The molecule has 1 aliphatic rings. The standard InChI is InChI=1S/C16H21ClN2O3/c1-10-6-7-12(17)8-13(10)18-15(21)16(22)19(2)9-11-4-3-5-14(11)20/h6-8,11,14,20H,3-5,9H2,1-2H3,(H,18,21). The van der Waals surface area contributed by atoms with Crippen LogP contribution in [0.2, 0.25) is 5.02 Å². The molecule has 120 valence electrons. The van der Waals surface area contributed by atoms with E-state index in [-0.39, 0.29) is 12.0 Å². The highest BCUT2D eigenvalue weighted by atomic mass is 35.5. The molecule has 2 N–H and O–H groups in total. The van der Waals surface area contributed by atoms with Crippen LogP contribution < -0.4 is 5.32 Å². The Bertz CT molecular complexity index is 577. The molecule has 0 saturated heterocycles. The number of aryl methyl sites for hydroxylation is 1. The van der Waals surface area contributed by atoms with Crippen LogP contribution in [0.15, 0.2) is 18.2 Å². The number of nitrogens with zero attached hydrogens (tertiary/aromatic N) is 1. The molecule has 22 heavy (non-hydrogen) atoms. The molecule has 0 heterocycles. The van der Waals surface area contributed by atoms with Crippen LogP contribution in [0.1, 0.15) is 24.8 Å². The summed E-state index contributed by atoms with van der Waals surface area (Å²) in [6, 6.07) is 5.12. The van der Waals surface area contributed by atoms with Gasteiger partial charge in [-0.25, -0.2) is 0 Å². The Labute approximate surface area is 135 Å². The maximum absolute atomic E-state index is 12.1. The Hall–Kier alpha value is -1.59. The van der Waals surface area contributed by atoms with Gasteiger partial charge in [0.15, 0.2) is 0 Å². The number of hydrogen-bond acceptors (Lipinski definition) is 3. The minimum Gasteiger partial charge on any atom is -0.393 e. The Kier molecular flexibility index (Phi) is 5.42. The average molecular weight is 325 g/mol. The summed E-state index contributed by atoms with van der Waals surface area (Å²) in [6.45, 7) is 2.22. The molecule has 6 heteroatoms.